The van der Waals surface area contributed by atoms with E-state index in [1.807, 2.05) is 12.1 Å². The van der Waals surface area contributed by atoms with Gasteiger partial charge < -0.3 is 5.32 Å². The molecular formula is C20H15N3O3S. The van der Waals surface area contributed by atoms with Crippen molar-refractivity contribution in [1.82, 2.24) is 0 Å². The summed E-state index contributed by atoms with van der Waals surface area (Å²) in [5.74, 6) is -0.329. The Kier molecular flexibility index (Phi) is 5.20. The number of hydrogen-bond acceptors (Lipinski definition) is 4. The Hall–Kier alpha value is -3.63. The molecule has 2 N–H and O–H groups in total. The van der Waals surface area contributed by atoms with Crippen molar-refractivity contribution < 1.29 is 13.2 Å². The highest BCUT2D eigenvalue weighted by molar-refractivity contribution is 7.92. The summed E-state index contributed by atoms with van der Waals surface area (Å²) < 4.78 is 27.3. The topological polar surface area (TPSA) is 99.1 Å². The second-order valence-corrected chi connectivity index (χ2v) is 7.32. The maximum atomic E-state index is 12.5. The van der Waals surface area contributed by atoms with Crippen molar-refractivity contribution >= 4 is 27.3 Å². The summed E-state index contributed by atoms with van der Waals surface area (Å²) in [6, 6.07) is 22.6. The lowest BCUT2D eigenvalue weighted by atomic mass is 10.2. The van der Waals surface area contributed by atoms with Gasteiger partial charge in [0.2, 0.25) is 0 Å². The van der Waals surface area contributed by atoms with E-state index in [0.29, 0.717) is 22.5 Å². The summed E-state index contributed by atoms with van der Waals surface area (Å²) in [4.78, 5) is 12.3. The van der Waals surface area contributed by atoms with Gasteiger partial charge in [0.25, 0.3) is 15.9 Å². The zero-order valence-corrected chi connectivity index (χ0v) is 14.9. The molecule has 0 aliphatic heterocycles. The van der Waals surface area contributed by atoms with Crippen molar-refractivity contribution in [2.75, 3.05) is 10.0 Å². The molecule has 0 atom stereocenters. The zero-order chi connectivity index (χ0) is 19.3. The molecule has 27 heavy (non-hydrogen) atoms. The molecule has 6 nitrogen and oxygen atoms in total. The van der Waals surface area contributed by atoms with Crippen LogP contribution in [0.5, 0.6) is 0 Å². The molecule has 0 aliphatic rings. The Morgan fingerprint density at radius 1 is 0.815 bits per heavy atom. The molecule has 0 aromatic heterocycles. The maximum absolute atomic E-state index is 12.5. The number of amides is 1. The minimum Gasteiger partial charge on any atom is -0.322 e. The number of nitriles is 1. The average Bonchev–Trinajstić information content (AvgIpc) is 2.69. The van der Waals surface area contributed by atoms with Gasteiger partial charge in [-0.2, -0.15) is 5.26 Å². The van der Waals surface area contributed by atoms with Crippen LogP contribution >= 0.6 is 0 Å². The molecule has 3 aromatic rings. The fourth-order valence-corrected chi connectivity index (χ4v) is 3.40. The molecule has 7 heteroatoms. The van der Waals surface area contributed by atoms with Crippen LogP contribution < -0.4 is 10.0 Å². The third-order valence-electron chi connectivity index (χ3n) is 3.72. The molecular weight excluding hydrogens is 362 g/mol. The van der Waals surface area contributed by atoms with E-state index in [4.69, 9.17) is 5.26 Å². The van der Waals surface area contributed by atoms with Gasteiger partial charge in [0.1, 0.15) is 0 Å². The lowest BCUT2D eigenvalue weighted by Gasteiger charge is -2.09. The molecule has 3 aromatic carbocycles. The summed E-state index contributed by atoms with van der Waals surface area (Å²) in [6.45, 7) is 0. The highest BCUT2D eigenvalue weighted by Gasteiger charge is 2.15. The molecule has 1 amide bonds. The first kappa shape index (κ1) is 18.2. The van der Waals surface area contributed by atoms with Crippen molar-refractivity contribution in [1.29, 1.82) is 5.26 Å². The van der Waals surface area contributed by atoms with E-state index in [1.165, 1.54) is 48.5 Å². The summed E-state index contributed by atoms with van der Waals surface area (Å²) in [5, 5.41) is 11.5. The first-order valence-corrected chi connectivity index (χ1v) is 9.46. The number of nitrogens with one attached hydrogen (secondary N) is 2. The number of carbonyl (C=O) groups excluding carboxylic acids is 1. The number of anilines is 2. The van der Waals surface area contributed by atoms with Crippen molar-refractivity contribution in [3.63, 3.8) is 0 Å². The van der Waals surface area contributed by atoms with Crippen molar-refractivity contribution in [2.24, 2.45) is 0 Å². The Balaban J connectivity index is 1.73. The number of hydrogen-bond donors (Lipinski definition) is 2. The summed E-state index contributed by atoms with van der Waals surface area (Å²) in [7, 11) is -3.80. The minimum atomic E-state index is -3.80. The molecule has 3 rings (SSSR count). The van der Waals surface area contributed by atoms with Gasteiger partial charge in [0.15, 0.2) is 0 Å². The molecule has 0 saturated heterocycles. The Labute approximate surface area is 157 Å². The lowest BCUT2D eigenvalue weighted by Crippen LogP contribution is -2.14. The van der Waals surface area contributed by atoms with E-state index in [0.717, 1.165) is 0 Å². The quantitative estimate of drug-likeness (QED) is 0.709. The maximum Gasteiger partial charge on any atom is 0.261 e. The number of nitrogens with zero attached hydrogens (tertiary/aromatic N) is 1. The first-order chi connectivity index (χ1) is 13.0. The molecule has 134 valence electrons. The number of carbonyl (C=O) groups is 1. The van der Waals surface area contributed by atoms with E-state index in [2.05, 4.69) is 10.0 Å². The van der Waals surface area contributed by atoms with Crippen LogP contribution in [0.4, 0.5) is 11.4 Å². The van der Waals surface area contributed by atoms with Gasteiger partial charge in [-0.1, -0.05) is 18.2 Å². The fraction of sp³-hybridized carbons (Fsp3) is 0. The Bertz CT molecular complexity index is 1090. The van der Waals surface area contributed by atoms with E-state index in [9.17, 15) is 13.2 Å². The van der Waals surface area contributed by atoms with Gasteiger partial charge >= 0.3 is 0 Å². The van der Waals surface area contributed by atoms with Crippen LogP contribution in [0.3, 0.4) is 0 Å². The van der Waals surface area contributed by atoms with Crippen LogP contribution in [0.25, 0.3) is 0 Å². The smallest absolute Gasteiger partial charge is 0.261 e. The number of rotatable bonds is 5. The molecule has 0 aliphatic carbocycles. The second-order valence-electron chi connectivity index (χ2n) is 5.64. The third-order valence-corrected chi connectivity index (χ3v) is 5.12. The highest BCUT2D eigenvalue weighted by atomic mass is 32.2. The van der Waals surface area contributed by atoms with Gasteiger partial charge in [-0.05, 0) is 60.7 Å². The summed E-state index contributed by atoms with van der Waals surface area (Å²) >= 11 is 0. The summed E-state index contributed by atoms with van der Waals surface area (Å²) in [5.41, 5.74) is 1.78. The number of para-hydroxylation sites is 1. The van der Waals surface area contributed by atoms with Gasteiger partial charge in [-0.25, -0.2) is 8.42 Å². The largest absolute Gasteiger partial charge is 0.322 e. The van der Waals surface area contributed by atoms with E-state index >= 15 is 0 Å². The Morgan fingerprint density at radius 2 is 1.44 bits per heavy atom. The van der Waals surface area contributed by atoms with Crippen LogP contribution in [-0.2, 0) is 10.0 Å². The molecule has 0 bridgehead atoms. The van der Waals surface area contributed by atoms with Crippen LogP contribution in [0, 0.1) is 11.3 Å². The first-order valence-electron chi connectivity index (χ1n) is 7.97. The van der Waals surface area contributed by atoms with Gasteiger partial charge in [-0.15, -0.1) is 0 Å². The summed E-state index contributed by atoms with van der Waals surface area (Å²) in [6.07, 6.45) is 0. The average molecular weight is 377 g/mol. The highest BCUT2D eigenvalue weighted by Crippen LogP contribution is 2.18. The van der Waals surface area contributed by atoms with E-state index in [-0.39, 0.29) is 10.8 Å². The third kappa shape index (κ3) is 4.51. The monoisotopic (exact) mass is 377 g/mol. The number of benzene rings is 3. The van der Waals surface area contributed by atoms with Crippen LogP contribution in [-0.4, -0.2) is 14.3 Å². The Morgan fingerprint density at radius 3 is 2.04 bits per heavy atom. The molecule has 0 fully saturated rings. The number of sulfonamides is 1. The van der Waals surface area contributed by atoms with Crippen LogP contribution in [0.2, 0.25) is 0 Å². The van der Waals surface area contributed by atoms with Crippen molar-refractivity contribution in [3.8, 4) is 6.07 Å². The van der Waals surface area contributed by atoms with Crippen LogP contribution in [0.15, 0.2) is 83.8 Å². The fourth-order valence-electron chi connectivity index (χ4n) is 2.34. The minimum absolute atomic E-state index is 0.0307. The molecule has 0 unspecified atom stereocenters. The second kappa shape index (κ2) is 7.72. The zero-order valence-electron chi connectivity index (χ0n) is 14.1. The standard InChI is InChI=1S/C20H15N3O3S/c21-14-15-6-10-18(11-7-15)23-27(25,26)19-12-8-16(9-13-19)20(24)22-17-4-2-1-3-5-17/h1-13,23H,(H,22,24). The molecule has 0 saturated carbocycles. The molecule has 0 spiro atoms. The van der Waals surface area contributed by atoms with Gasteiger partial charge in [0, 0.05) is 16.9 Å². The molecule has 0 heterocycles. The predicted molar refractivity (Wildman–Crippen MR) is 103 cm³/mol. The normalized spacial score (nSPS) is 10.6. The van der Waals surface area contributed by atoms with Gasteiger partial charge in [0.05, 0.1) is 16.5 Å². The predicted octanol–water partition coefficient (Wildman–Crippen LogP) is 3.61. The van der Waals surface area contributed by atoms with E-state index < -0.39 is 10.0 Å². The van der Waals surface area contributed by atoms with Crippen molar-refractivity contribution in [2.45, 2.75) is 4.90 Å². The lowest BCUT2D eigenvalue weighted by molar-refractivity contribution is 0.102. The van der Waals surface area contributed by atoms with Crippen molar-refractivity contribution in [3.05, 3.63) is 90.0 Å². The SMILES string of the molecule is N#Cc1ccc(NS(=O)(=O)c2ccc(C(=O)Nc3ccccc3)cc2)cc1. The molecule has 0 radical (unpaired) electrons. The van der Waals surface area contributed by atoms with E-state index in [1.54, 1.807) is 24.3 Å². The van der Waals surface area contributed by atoms with Crippen LogP contribution in [0.1, 0.15) is 15.9 Å². The van der Waals surface area contributed by atoms with Gasteiger partial charge in [-0.3, -0.25) is 9.52 Å².